The summed E-state index contributed by atoms with van der Waals surface area (Å²) in [5.74, 6) is 0.656. The van der Waals surface area contributed by atoms with Crippen LogP contribution in [0.25, 0.3) is 11.5 Å². The van der Waals surface area contributed by atoms with E-state index >= 15 is 0 Å². The molecule has 1 aromatic heterocycles. The Balaban J connectivity index is 1.18. The number of para-hydroxylation sites is 1. The molecule has 0 spiro atoms. The zero-order chi connectivity index (χ0) is 27.2. The van der Waals surface area contributed by atoms with E-state index in [1.807, 2.05) is 67.6 Å². The number of carbonyl (C=O) groups excluding carboxylic acids is 1. The SMILES string of the molecule is Cc1oc(-c2ccccc2)nc1CCOc1cccc(C[C@@H]2CN(C(=O)Oc3ccccc3)C[C@H]2C(=O)O)c1. The largest absolute Gasteiger partial charge is 0.493 e. The molecule has 0 saturated carbocycles. The lowest BCUT2D eigenvalue weighted by Gasteiger charge is -2.16. The second kappa shape index (κ2) is 11.9. The number of amides is 1. The predicted molar refractivity (Wildman–Crippen MR) is 145 cm³/mol. The van der Waals surface area contributed by atoms with Gasteiger partial charge in [0, 0.05) is 25.1 Å². The van der Waals surface area contributed by atoms with Crippen LogP contribution in [-0.4, -0.2) is 46.7 Å². The Hall–Kier alpha value is -4.59. The molecule has 1 N–H and O–H groups in total. The van der Waals surface area contributed by atoms with E-state index in [4.69, 9.17) is 13.9 Å². The standard InChI is InChI=1S/C31H30N2O6/c1-21-28(32-29(38-21)23-10-4-2-5-11-23)15-16-37-26-14-8-9-22(18-26)17-24-19-33(20-27(24)30(34)35)31(36)39-25-12-6-3-7-13-25/h2-14,18,24,27H,15-17,19-20H2,1H3,(H,34,35)/t24-,27-/m1/s1. The van der Waals surface area contributed by atoms with Gasteiger partial charge in [-0.25, -0.2) is 9.78 Å². The van der Waals surface area contributed by atoms with Gasteiger partial charge in [0.25, 0.3) is 0 Å². The predicted octanol–water partition coefficient (Wildman–Crippen LogP) is 5.65. The lowest BCUT2D eigenvalue weighted by atomic mass is 9.90. The highest BCUT2D eigenvalue weighted by molar-refractivity contribution is 5.75. The van der Waals surface area contributed by atoms with E-state index in [-0.39, 0.29) is 12.5 Å². The number of hydrogen-bond acceptors (Lipinski definition) is 6. The van der Waals surface area contributed by atoms with Crippen LogP contribution in [0, 0.1) is 18.8 Å². The number of ether oxygens (including phenoxy) is 2. The van der Waals surface area contributed by atoms with Crippen molar-refractivity contribution in [2.45, 2.75) is 19.8 Å². The number of rotatable bonds is 9. The zero-order valence-electron chi connectivity index (χ0n) is 21.7. The number of benzene rings is 3. The minimum Gasteiger partial charge on any atom is -0.493 e. The lowest BCUT2D eigenvalue weighted by Crippen LogP contribution is -2.32. The number of likely N-dealkylation sites (tertiary alicyclic amines) is 1. The molecule has 1 fully saturated rings. The van der Waals surface area contributed by atoms with E-state index in [1.54, 1.807) is 24.3 Å². The van der Waals surface area contributed by atoms with Gasteiger partial charge in [-0.05, 0) is 61.2 Å². The number of carboxylic acids is 1. The molecule has 39 heavy (non-hydrogen) atoms. The summed E-state index contributed by atoms with van der Waals surface area (Å²) < 4.78 is 17.3. The molecule has 200 valence electrons. The van der Waals surface area contributed by atoms with Crippen LogP contribution in [0.5, 0.6) is 11.5 Å². The first-order valence-electron chi connectivity index (χ1n) is 12.9. The van der Waals surface area contributed by atoms with Crippen LogP contribution in [0.2, 0.25) is 0 Å². The molecule has 0 bridgehead atoms. The first-order chi connectivity index (χ1) is 19.0. The summed E-state index contributed by atoms with van der Waals surface area (Å²) in [7, 11) is 0. The van der Waals surface area contributed by atoms with Gasteiger partial charge < -0.3 is 23.9 Å². The maximum atomic E-state index is 12.7. The highest BCUT2D eigenvalue weighted by Crippen LogP contribution is 2.29. The van der Waals surface area contributed by atoms with Gasteiger partial charge in [0.2, 0.25) is 5.89 Å². The molecule has 0 aliphatic carbocycles. The number of oxazole rings is 1. The van der Waals surface area contributed by atoms with Crippen LogP contribution in [0.3, 0.4) is 0 Å². The Morgan fingerprint density at radius 2 is 1.69 bits per heavy atom. The summed E-state index contributed by atoms with van der Waals surface area (Å²) in [6.45, 7) is 2.74. The smallest absolute Gasteiger partial charge is 0.415 e. The van der Waals surface area contributed by atoms with Crippen molar-refractivity contribution in [2.75, 3.05) is 19.7 Å². The van der Waals surface area contributed by atoms with E-state index in [2.05, 4.69) is 4.98 Å². The van der Waals surface area contributed by atoms with Gasteiger partial charge in [-0.2, -0.15) is 0 Å². The van der Waals surface area contributed by atoms with Crippen molar-refractivity contribution >= 4 is 12.1 Å². The molecule has 1 saturated heterocycles. The molecule has 1 aliphatic heterocycles. The van der Waals surface area contributed by atoms with Crippen LogP contribution >= 0.6 is 0 Å². The topological polar surface area (TPSA) is 102 Å². The summed E-state index contributed by atoms with van der Waals surface area (Å²) in [6, 6.07) is 26.2. The molecule has 1 amide bonds. The van der Waals surface area contributed by atoms with Gasteiger partial charge in [-0.15, -0.1) is 0 Å². The first kappa shape index (κ1) is 26.0. The summed E-state index contributed by atoms with van der Waals surface area (Å²) in [4.78, 5) is 30.7. The van der Waals surface area contributed by atoms with Crippen molar-refractivity contribution in [3.63, 3.8) is 0 Å². The Kier molecular flexibility index (Phi) is 7.91. The average Bonchev–Trinajstić information content (AvgIpc) is 3.54. The third-order valence-electron chi connectivity index (χ3n) is 6.88. The van der Waals surface area contributed by atoms with Gasteiger partial charge in [0.05, 0.1) is 18.2 Å². The molecule has 4 aromatic rings. The third-order valence-corrected chi connectivity index (χ3v) is 6.88. The Labute approximate surface area is 226 Å². The molecular weight excluding hydrogens is 496 g/mol. The summed E-state index contributed by atoms with van der Waals surface area (Å²) in [6.07, 6.45) is 0.561. The average molecular weight is 527 g/mol. The maximum absolute atomic E-state index is 12.7. The summed E-state index contributed by atoms with van der Waals surface area (Å²) >= 11 is 0. The number of aliphatic carboxylic acids is 1. The van der Waals surface area contributed by atoms with Crippen molar-refractivity contribution < 1.29 is 28.6 Å². The molecule has 0 radical (unpaired) electrons. The highest BCUT2D eigenvalue weighted by Gasteiger charge is 2.40. The Morgan fingerprint density at radius 3 is 2.44 bits per heavy atom. The molecule has 2 heterocycles. The quantitative estimate of drug-likeness (QED) is 0.301. The molecule has 8 nitrogen and oxygen atoms in total. The van der Waals surface area contributed by atoms with Crippen LogP contribution in [0.1, 0.15) is 17.0 Å². The Morgan fingerprint density at radius 1 is 0.974 bits per heavy atom. The maximum Gasteiger partial charge on any atom is 0.415 e. The van der Waals surface area contributed by atoms with Crippen LogP contribution in [0.4, 0.5) is 4.79 Å². The van der Waals surface area contributed by atoms with Gasteiger partial charge in [0.1, 0.15) is 17.3 Å². The molecule has 5 rings (SSSR count). The number of carbonyl (C=O) groups is 2. The first-order valence-corrected chi connectivity index (χ1v) is 12.9. The van der Waals surface area contributed by atoms with Crippen LogP contribution in [0.15, 0.2) is 89.3 Å². The monoisotopic (exact) mass is 526 g/mol. The minimum absolute atomic E-state index is 0.115. The van der Waals surface area contributed by atoms with Gasteiger partial charge in [-0.3, -0.25) is 4.79 Å². The summed E-state index contributed by atoms with van der Waals surface area (Å²) in [5.41, 5.74) is 2.73. The fourth-order valence-corrected chi connectivity index (χ4v) is 4.86. The fourth-order valence-electron chi connectivity index (χ4n) is 4.86. The normalized spacial score (nSPS) is 16.7. The van der Waals surface area contributed by atoms with Crippen molar-refractivity contribution in [3.8, 4) is 23.0 Å². The molecule has 2 atom stereocenters. The molecular formula is C31H30N2O6. The summed E-state index contributed by atoms with van der Waals surface area (Å²) in [5, 5.41) is 9.81. The van der Waals surface area contributed by atoms with E-state index in [1.165, 1.54) is 4.90 Å². The number of aromatic nitrogens is 1. The van der Waals surface area contributed by atoms with E-state index in [9.17, 15) is 14.7 Å². The van der Waals surface area contributed by atoms with Gasteiger partial charge >= 0.3 is 12.1 Å². The number of carboxylic acid groups (broad SMARTS) is 1. The number of nitrogens with zero attached hydrogens (tertiary/aromatic N) is 2. The number of aryl methyl sites for hydroxylation is 1. The van der Waals surface area contributed by atoms with E-state index < -0.39 is 18.0 Å². The minimum atomic E-state index is -0.916. The van der Waals surface area contributed by atoms with Crippen molar-refractivity contribution in [1.82, 2.24) is 9.88 Å². The second-order valence-corrected chi connectivity index (χ2v) is 9.63. The van der Waals surface area contributed by atoms with Crippen molar-refractivity contribution in [1.29, 1.82) is 0 Å². The number of hydrogen-bond donors (Lipinski definition) is 1. The third kappa shape index (κ3) is 6.46. The zero-order valence-corrected chi connectivity index (χ0v) is 21.7. The highest BCUT2D eigenvalue weighted by atomic mass is 16.6. The molecule has 1 aliphatic rings. The van der Waals surface area contributed by atoms with Gasteiger partial charge in [0.15, 0.2) is 0 Å². The Bertz CT molecular complexity index is 1420. The molecule has 8 heteroatoms. The van der Waals surface area contributed by atoms with Crippen LogP contribution < -0.4 is 9.47 Å². The van der Waals surface area contributed by atoms with Gasteiger partial charge in [-0.1, -0.05) is 48.5 Å². The second-order valence-electron chi connectivity index (χ2n) is 9.63. The van der Waals surface area contributed by atoms with E-state index in [0.29, 0.717) is 43.4 Å². The van der Waals surface area contributed by atoms with Crippen LogP contribution in [-0.2, 0) is 17.6 Å². The fraction of sp³-hybridized carbons (Fsp3) is 0.258. The lowest BCUT2D eigenvalue weighted by molar-refractivity contribution is -0.142. The van der Waals surface area contributed by atoms with Crippen molar-refractivity contribution in [2.24, 2.45) is 11.8 Å². The van der Waals surface area contributed by atoms with Crippen molar-refractivity contribution in [3.05, 3.63) is 102 Å². The molecule has 0 unspecified atom stereocenters. The molecule has 3 aromatic carbocycles. The van der Waals surface area contributed by atoms with E-state index in [0.717, 1.165) is 22.6 Å².